The number of nitro groups is 1. The van der Waals surface area contributed by atoms with Crippen molar-refractivity contribution in [3.63, 3.8) is 0 Å². The summed E-state index contributed by atoms with van der Waals surface area (Å²) in [5.74, 6) is -0.314. The summed E-state index contributed by atoms with van der Waals surface area (Å²) in [6.45, 7) is 0. The van der Waals surface area contributed by atoms with Crippen molar-refractivity contribution in [2.45, 2.75) is 12.5 Å². The standard InChI is InChI=1S/C18H18ClN3O4S/c1-27-10-9-16(18(24)20-15-8-3-2-7-14(15)19)21-17(23)12-5-4-6-13(11-12)22(25)26/h2-8,11,16H,9-10H2,1H3,(H,20,24)(H,21,23). The van der Waals surface area contributed by atoms with Crippen molar-refractivity contribution in [3.05, 3.63) is 69.2 Å². The van der Waals surface area contributed by atoms with Gasteiger partial charge in [-0.15, -0.1) is 0 Å². The molecule has 9 heteroatoms. The van der Waals surface area contributed by atoms with E-state index in [1.165, 1.54) is 36.0 Å². The van der Waals surface area contributed by atoms with Crippen LogP contribution in [-0.4, -0.2) is 34.8 Å². The number of nitrogens with one attached hydrogen (secondary N) is 2. The summed E-state index contributed by atoms with van der Waals surface area (Å²) >= 11 is 7.60. The smallest absolute Gasteiger partial charge is 0.270 e. The highest BCUT2D eigenvalue weighted by Gasteiger charge is 2.22. The van der Waals surface area contributed by atoms with Crippen LogP contribution in [0.2, 0.25) is 5.02 Å². The molecule has 0 bridgehead atoms. The summed E-state index contributed by atoms with van der Waals surface area (Å²) in [7, 11) is 0. The molecule has 0 heterocycles. The molecule has 2 N–H and O–H groups in total. The lowest BCUT2D eigenvalue weighted by Crippen LogP contribution is -2.44. The van der Waals surface area contributed by atoms with E-state index in [0.29, 0.717) is 22.9 Å². The molecular weight excluding hydrogens is 390 g/mol. The molecule has 0 aliphatic rings. The molecule has 2 aromatic rings. The minimum atomic E-state index is -0.805. The average molecular weight is 408 g/mol. The van der Waals surface area contributed by atoms with Gasteiger partial charge in [-0.05, 0) is 36.6 Å². The average Bonchev–Trinajstić information content (AvgIpc) is 2.66. The Labute approximate surface area is 165 Å². The summed E-state index contributed by atoms with van der Waals surface area (Å²) in [6, 6.07) is 11.3. The van der Waals surface area contributed by atoms with Crippen molar-refractivity contribution in [2.75, 3.05) is 17.3 Å². The highest BCUT2D eigenvalue weighted by Crippen LogP contribution is 2.21. The maximum atomic E-state index is 12.6. The predicted octanol–water partition coefficient (Wildman–Crippen LogP) is 3.74. The van der Waals surface area contributed by atoms with E-state index in [1.54, 1.807) is 24.3 Å². The minimum Gasteiger partial charge on any atom is -0.340 e. The molecule has 2 aromatic carbocycles. The van der Waals surface area contributed by atoms with E-state index in [-0.39, 0.29) is 11.3 Å². The van der Waals surface area contributed by atoms with Crippen LogP contribution in [0.5, 0.6) is 0 Å². The number of thioether (sulfide) groups is 1. The molecular formula is C18H18ClN3O4S. The SMILES string of the molecule is CSCCC(NC(=O)c1cccc([N+](=O)[O-])c1)C(=O)Nc1ccccc1Cl. The molecule has 0 radical (unpaired) electrons. The first kappa shape index (κ1) is 20.7. The van der Waals surface area contributed by atoms with Crippen LogP contribution < -0.4 is 10.6 Å². The van der Waals surface area contributed by atoms with Crippen LogP contribution in [0, 0.1) is 10.1 Å². The summed E-state index contributed by atoms with van der Waals surface area (Å²) in [5.41, 5.74) is 0.371. The van der Waals surface area contributed by atoms with Crippen molar-refractivity contribution in [2.24, 2.45) is 0 Å². The van der Waals surface area contributed by atoms with E-state index < -0.39 is 22.8 Å². The number of nitrogens with zero attached hydrogens (tertiary/aromatic N) is 1. The zero-order valence-corrected chi connectivity index (χ0v) is 16.0. The third-order valence-corrected chi connectivity index (χ3v) is 4.66. The summed E-state index contributed by atoms with van der Waals surface area (Å²) in [4.78, 5) is 35.4. The maximum absolute atomic E-state index is 12.6. The number of halogens is 1. The molecule has 0 aliphatic carbocycles. The van der Waals surface area contributed by atoms with Crippen molar-refractivity contribution >= 4 is 46.6 Å². The molecule has 7 nitrogen and oxygen atoms in total. The largest absolute Gasteiger partial charge is 0.340 e. The van der Waals surface area contributed by atoms with Crippen molar-refractivity contribution in [3.8, 4) is 0 Å². The Morgan fingerprint density at radius 2 is 1.96 bits per heavy atom. The van der Waals surface area contributed by atoms with Gasteiger partial charge in [-0.2, -0.15) is 11.8 Å². The third-order valence-electron chi connectivity index (χ3n) is 3.68. The molecule has 0 saturated carbocycles. The summed E-state index contributed by atoms with van der Waals surface area (Å²) in [6.07, 6.45) is 2.30. The molecule has 27 heavy (non-hydrogen) atoms. The Morgan fingerprint density at radius 1 is 1.22 bits per heavy atom. The van der Waals surface area contributed by atoms with E-state index in [1.807, 2.05) is 6.26 Å². The Hall–Kier alpha value is -2.58. The molecule has 0 aromatic heterocycles. The van der Waals surface area contributed by atoms with E-state index in [2.05, 4.69) is 10.6 Å². The van der Waals surface area contributed by atoms with Crippen LogP contribution in [-0.2, 0) is 4.79 Å². The van der Waals surface area contributed by atoms with Gasteiger partial charge in [0.1, 0.15) is 6.04 Å². The fourth-order valence-electron chi connectivity index (χ4n) is 2.29. The summed E-state index contributed by atoms with van der Waals surface area (Å²) < 4.78 is 0. The molecule has 142 valence electrons. The highest BCUT2D eigenvalue weighted by atomic mass is 35.5. The number of carbonyl (C=O) groups excluding carboxylic acids is 2. The second-order valence-corrected chi connectivity index (χ2v) is 6.98. The molecule has 0 fully saturated rings. The lowest BCUT2D eigenvalue weighted by atomic mass is 10.1. The van der Waals surface area contributed by atoms with Crippen LogP contribution in [0.3, 0.4) is 0 Å². The van der Waals surface area contributed by atoms with Crippen molar-refractivity contribution in [1.82, 2.24) is 5.32 Å². The Bertz CT molecular complexity index is 847. The number of para-hydroxylation sites is 1. The van der Waals surface area contributed by atoms with Gasteiger partial charge in [0.15, 0.2) is 0 Å². The number of amides is 2. The predicted molar refractivity (Wildman–Crippen MR) is 107 cm³/mol. The van der Waals surface area contributed by atoms with Gasteiger partial charge in [-0.1, -0.05) is 29.8 Å². The molecule has 0 saturated heterocycles. The fraction of sp³-hybridized carbons (Fsp3) is 0.222. The number of non-ortho nitro benzene ring substituents is 1. The van der Waals surface area contributed by atoms with Crippen LogP contribution in [0.1, 0.15) is 16.8 Å². The second kappa shape index (κ2) is 9.94. The molecule has 2 rings (SSSR count). The van der Waals surface area contributed by atoms with E-state index in [9.17, 15) is 19.7 Å². The first-order valence-corrected chi connectivity index (χ1v) is 9.79. The molecule has 0 aliphatic heterocycles. The van der Waals surface area contributed by atoms with Gasteiger partial charge < -0.3 is 10.6 Å². The highest BCUT2D eigenvalue weighted by molar-refractivity contribution is 7.98. The van der Waals surface area contributed by atoms with Gasteiger partial charge in [0.05, 0.1) is 15.6 Å². The zero-order chi connectivity index (χ0) is 19.8. The van der Waals surface area contributed by atoms with Crippen LogP contribution >= 0.6 is 23.4 Å². The van der Waals surface area contributed by atoms with Gasteiger partial charge in [-0.25, -0.2) is 0 Å². The van der Waals surface area contributed by atoms with E-state index in [0.717, 1.165) is 0 Å². The Kier molecular flexibility index (Phi) is 7.63. The first-order chi connectivity index (χ1) is 12.9. The van der Waals surface area contributed by atoms with Crippen molar-refractivity contribution in [1.29, 1.82) is 0 Å². The molecule has 0 spiro atoms. The second-order valence-electron chi connectivity index (χ2n) is 5.58. The van der Waals surface area contributed by atoms with E-state index in [4.69, 9.17) is 11.6 Å². The van der Waals surface area contributed by atoms with E-state index >= 15 is 0 Å². The third kappa shape index (κ3) is 5.97. The van der Waals surface area contributed by atoms with Crippen LogP contribution in [0.25, 0.3) is 0 Å². The number of benzene rings is 2. The lowest BCUT2D eigenvalue weighted by Gasteiger charge is -2.18. The van der Waals surface area contributed by atoms with Gasteiger partial charge in [0, 0.05) is 17.7 Å². The van der Waals surface area contributed by atoms with Crippen LogP contribution in [0.15, 0.2) is 48.5 Å². The Morgan fingerprint density at radius 3 is 2.63 bits per heavy atom. The Balaban J connectivity index is 2.14. The quantitative estimate of drug-likeness (QED) is 0.512. The van der Waals surface area contributed by atoms with Gasteiger partial charge >= 0.3 is 0 Å². The lowest BCUT2D eigenvalue weighted by molar-refractivity contribution is -0.384. The minimum absolute atomic E-state index is 0.115. The number of nitro benzene ring substituents is 1. The number of carbonyl (C=O) groups is 2. The summed E-state index contributed by atoms with van der Waals surface area (Å²) in [5, 5.41) is 16.6. The fourth-order valence-corrected chi connectivity index (χ4v) is 2.94. The molecule has 1 unspecified atom stereocenters. The number of rotatable bonds is 8. The maximum Gasteiger partial charge on any atom is 0.270 e. The number of hydrogen-bond donors (Lipinski definition) is 2. The number of hydrogen-bond acceptors (Lipinski definition) is 5. The monoisotopic (exact) mass is 407 g/mol. The van der Waals surface area contributed by atoms with Gasteiger partial charge in [0.25, 0.3) is 11.6 Å². The topological polar surface area (TPSA) is 101 Å². The van der Waals surface area contributed by atoms with Crippen LogP contribution in [0.4, 0.5) is 11.4 Å². The molecule has 2 amide bonds. The van der Waals surface area contributed by atoms with Gasteiger partial charge in [-0.3, -0.25) is 19.7 Å². The van der Waals surface area contributed by atoms with Crippen molar-refractivity contribution < 1.29 is 14.5 Å². The number of anilines is 1. The van der Waals surface area contributed by atoms with Gasteiger partial charge in [0.2, 0.25) is 5.91 Å². The zero-order valence-electron chi connectivity index (χ0n) is 14.5. The molecule has 1 atom stereocenters. The normalized spacial score (nSPS) is 11.5. The first-order valence-electron chi connectivity index (χ1n) is 8.02.